The molecular formula is C12H4Cl5N3O2S. The number of alkyl halides is 3. The van der Waals surface area contributed by atoms with Crippen molar-refractivity contribution in [3.05, 3.63) is 60.8 Å². The van der Waals surface area contributed by atoms with Gasteiger partial charge in [-0.05, 0) is 18.2 Å². The molecule has 2 aromatic rings. The van der Waals surface area contributed by atoms with Gasteiger partial charge in [-0.25, -0.2) is 4.79 Å². The molecule has 0 N–H and O–H groups in total. The molecule has 5 nitrogen and oxygen atoms in total. The fraction of sp³-hybridized carbons (Fsp3) is 0.0833. The zero-order valence-electron chi connectivity index (χ0n) is 10.8. The van der Waals surface area contributed by atoms with Crippen molar-refractivity contribution in [2.45, 2.75) is 3.12 Å². The Hall–Kier alpha value is -0.810. The van der Waals surface area contributed by atoms with Gasteiger partial charge in [0.15, 0.2) is 0 Å². The summed E-state index contributed by atoms with van der Waals surface area (Å²) in [5.41, 5.74) is -1.79. The SMILES string of the molecule is N#Cc1cn(-c2cc(Cl)cc(Cl)c2)c(=O)n(SC(Cl)(Cl)Cl)c1=O. The minimum absolute atomic E-state index is 0.252. The molecule has 23 heavy (non-hydrogen) atoms. The monoisotopic (exact) mass is 429 g/mol. The van der Waals surface area contributed by atoms with Crippen molar-refractivity contribution in [1.82, 2.24) is 8.54 Å². The Kier molecular flexibility index (Phi) is 5.62. The van der Waals surface area contributed by atoms with Crippen molar-refractivity contribution in [1.29, 1.82) is 5.26 Å². The van der Waals surface area contributed by atoms with E-state index in [9.17, 15) is 9.59 Å². The van der Waals surface area contributed by atoms with Gasteiger partial charge >= 0.3 is 5.69 Å². The molecule has 0 bridgehead atoms. The van der Waals surface area contributed by atoms with Crippen LogP contribution in [0.5, 0.6) is 0 Å². The fourth-order valence-corrected chi connectivity index (χ4v) is 3.35. The fourth-order valence-electron chi connectivity index (χ4n) is 1.66. The average molecular weight is 432 g/mol. The molecule has 0 atom stereocenters. The number of nitriles is 1. The van der Waals surface area contributed by atoms with Crippen molar-refractivity contribution < 1.29 is 0 Å². The van der Waals surface area contributed by atoms with Crippen LogP contribution in [0.3, 0.4) is 0 Å². The molecule has 0 unspecified atom stereocenters. The summed E-state index contributed by atoms with van der Waals surface area (Å²) >= 11 is 29.0. The summed E-state index contributed by atoms with van der Waals surface area (Å²) < 4.78 is -0.373. The molecular weight excluding hydrogens is 427 g/mol. The average Bonchev–Trinajstić information content (AvgIpc) is 2.41. The van der Waals surface area contributed by atoms with Crippen LogP contribution in [0.15, 0.2) is 34.0 Å². The zero-order chi connectivity index (χ0) is 17.4. The van der Waals surface area contributed by atoms with Gasteiger partial charge in [0.2, 0.25) is 0 Å². The van der Waals surface area contributed by atoms with Crippen LogP contribution in [-0.4, -0.2) is 11.7 Å². The summed E-state index contributed by atoms with van der Waals surface area (Å²) in [5.74, 6) is 0. The lowest BCUT2D eigenvalue weighted by molar-refractivity contribution is 0.858. The highest BCUT2D eigenvalue weighted by molar-refractivity contribution is 8.03. The molecule has 1 aromatic carbocycles. The lowest BCUT2D eigenvalue weighted by atomic mass is 10.3. The lowest BCUT2D eigenvalue weighted by Crippen LogP contribution is -2.38. The van der Waals surface area contributed by atoms with Crippen LogP contribution in [0.4, 0.5) is 0 Å². The first-order chi connectivity index (χ1) is 10.6. The maximum atomic E-state index is 12.5. The minimum Gasteiger partial charge on any atom is -0.267 e. The molecule has 0 radical (unpaired) electrons. The molecule has 0 saturated carbocycles. The van der Waals surface area contributed by atoms with Crippen LogP contribution >= 0.6 is 70.0 Å². The second-order valence-corrected chi connectivity index (χ2v) is 9.06. The molecule has 120 valence electrons. The number of hydrogen-bond acceptors (Lipinski definition) is 4. The zero-order valence-corrected chi connectivity index (χ0v) is 15.4. The summed E-state index contributed by atoms with van der Waals surface area (Å²) in [7, 11) is 0. The van der Waals surface area contributed by atoms with E-state index in [1.165, 1.54) is 18.2 Å². The Morgan fingerprint density at radius 3 is 2.13 bits per heavy atom. The van der Waals surface area contributed by atoms with Gasteiger partial charge in [-0.15, -0.1) is 0 Å². The molecule has 0 aliphatic carbocycles. The Morgan fingerprint density at radius 2 is 1.65 bits per heavy atom. The largest absolute Gasteiger partial charge is 0.346 e. The number of aromatic nitrogens is 2. The van der Waals surface area contributed by atoms with Crippen molar-refractivity contribution in [2.24, 2.45) is 0 Å². The summed E-state index contributed by atoms with van der Waals surface area (Å²) in [5, 5.41) is 9.61. The highest BCUT2D eigenvalue weighted by atomic mass is 35.6. The third-order valence-electron chi connectivity index (χ3n) is 2.49. The molecule has 1 heterocycles. The molecule has 1 aromatic heterocycles. The molecule has 11 heteroatoms. The van der Waals surface area contributed by atoms with Crippen LogP contribution in [0.1, 0.15) is 5.56 Å². The molecule has 2 rings (SSSR count). The smallest absolute Gasteiger partial charge is 0.267 e. The van der Waals surface area contributed by atoms with Gasteiger partial charge in [-0.2, -0.15) is 9.23 Å². The first-order valence-electron chi connectivity index (χ1n) is 5.64. The van der Waals surface area contributed by atoms with Gasteiger partial charge < -0.3 is 0 Å². The van der Waals surface area contributed by atoms with Gasteiger partial charge in [0.25, 0.3) is 8.68 Å². The molecule has 0 saturated heterocycles. The number of rotatable bonds is 2. The van der Waals surface area contributed by atoms with Crippen molar-refractivity contribution in [2.75, 3.05) is 0 Å². The van der Waals surface area contributed by atoms with E-state index in [0.29, 0.717) is 15.9 Å². The minimum atomic E-state index is -1.97. The second kappa shape index (κ2) is 6.98. The van der Waals surface area contributed by atoms with E-state index < -0.39 is 14.4 Å². The Bertz CT molecular complexity index is 906. The van der Waals surface area contributed by atoms with E-state index in [2.05, 4.69) is 0 Å². The van der Waals surface area contributed by atoms with E-state index in [1.54, 1.807) is 6.07 Å². The van der Waals surface area contributed by atoms with Crippen molar-refractivity contribution in [3.8, 4) is 11.8 Å². The van der Waals surface area contributed by atoms with Crippen LogP contribution in [0.25, 0.3) is 5.69 Å². The summed E-state index contributed by atoms with van der Waals surface area (Å²) in [6.45, 7) is 0. The molecule has 0 fully saturated rings. The Morgan fingerprint density at radius 1 is 1.09 bits per heavy atom. The Balaban J connectivity index is 2.80. The molecule has 0 amide bonds. The van der Waals surface area contributed by atoms with E-state index in [4.69, 9.17) is 63.3 Å². The summed E-state index contributed by atoms with van der Waals surface area (Å²) in [6, 6.07) is 6.02. The third-order valence-corrected chi connectivity index (χ3v) is 4.26. The van der Waals surface area contributed by atoms with Crippen LogP contribution < -0.4 is 11.2 Å². The highest BCUT2D eigenvalue weighted by Gasteiger charge is 2.26. The molecule has 0 aliphatic heterocycles. The van der Waals surface area contributed by atoms with Crippen LogP contribution in [0, 0.1) is 11.3 Å². The van der Waals surface area contributed by atoms with Crippen LogP contribution in [-0.2, 0) is 0 Å². The maximum Gasteiger partial charge on any atom is 0.346 e. The predicted molar refractivity (Wildman–Crippen MR) is 94.3 cm³/mol. The third kappa shape index (κ3) is 4.38. The Labute approximate surface area is 159 Å². The first kappa shape index (κ1) is 18.5. The van der Waals surface area contributed by atoms with Crippen LogP contribution in [0.2, 0.25) is 10.0 Å². The molecule has 0 spiro atoms. The molecule has 0 aliphatic rings. The van der Waals surface area contributed by atoms with E-state index in [-0.39, 0.29) is 21.3 Å². The second-order valence-electron chi connectivity index (χ2n) is 4.07. The first-order valence-corrected chi connectivity index (χ1v) is 8.30. The normalized spacial score (nSPS) is 11.3. The summed E-state index contributed by atoms with van der Waals surface area (Å²) in [4.78, 5) is 24.6. The van der Waals surface area contributed by atoms with Gasteiger partial charge in [-0.3, -0.25) is 9.36 Å². The van der Waals surface area contributed by atoms with E-state index in [0.717, 1.165) is 10.8 Å². The van der Waals surface area contributed by atoms with E-state index in [1.807, 2.05) is 0 Å². The van der Waals surface area contributed by atoms with Gasteiger partial charge in [0.05, 0.1) is 5.69 Å². The lowest BCUT2D eigenvalue weighted by Gasteiger charge is -2.14. The van der Waals surface area contributed by atoms with Gasteiger partial charge in [0, 0.05) is 28.2 Å². The predicted octanol–water partition coefficient (Wildman–Crippen LogP) is 4.00. The highest BCUT2D eigenvalue weighted by Crippen LogP contribution is 2.38. The number of nitrogens with zero attached hydrogens (tertiary/aromatic N) is 3. The number of halogens is 5. The van der Waals surface area contributed by atoms with Gasteiger partial charge in [0.1, 0.15) is 11.6 Å². The number of benzene rings is 1. The van der Waals surface area contributed by atoms with Crippen molar-refractivity contribution in [3.63, 3.8) is 0 Å². The summed E-state index contributed by atoms with van der Waals surface area (Å²) in [6.07, 6.45) is 1.07. The standard InChI is InChI=1S/C12H4Cl5N3O2S/c13-7-1-8(14)3-9(2-7)19-5-6(4-18)10(21)20(11(19)22)23-12(15,16)17/h1-3,5H. The maximum absolute atomic E-state index is 12.5. The van der Waals surface area contributed by atoms with Gasteiger partial charge in [-0.1, -0.05) is 58.0 Å². The van der Waals surface area contributed by atoms with Crippen molar-refractivity contribution >= 4 is 70.0 Å². The topological polar surface area (TPSA) is 67.8 Å². The number of hydrogen-bond donors (Lipinski definition) is 0. The van der Waals surface area contributed by atoms with E-state index >= 15 is 0 Å². The quantitative estimate of drug-likeness (QED) is 0.674.